The van der Waals surface area contributed by atoms with E-state index in [0.29, 0.717) is 17.0 Å². The monoisotopic (exact) mass is 405 g/mol. The molecule has 0 saturated heterocycles. The normalized spacial score (nSPS) is 10.3. The molecule has 0 unspecified atom stereocenters. The van der Waals surface area contributed by atoms with Crippen molar-refractivity contribution in [2.45, 2.75) is 26.2 Å². The molecule has 1 aromatic heterocycles. The number of aryl methyl sites for hydroxylation is 1. The number of thiophene rings is 1. The molecule has 0 atom stereocenters. The van der Waals surface area contributed by atoms with Gasteiger partial charge < -0.3 is 19.5 Å². The minimum atomic E-state index is -0.613. The molecule has 0 aliphatic rings. The van der Waals surface area contributed by atoms with Crippen molar-refractivity contribution in [2.24, 2.45) is 0 Å². The van der Waals surface area contributed by atoms with Crippen molar-refractivity contribution in [3.63, 3.8) is 0 Å². The molecule has 28 heavy (non-hydrogen) atoms. The fourth-order valence-corrected chi connectivity index (χ4v) is 3.80. The molecule has 0 saturated carbocycles. The largest absolute Gasteiger partial charge is 0.497 e. The van der Waals surface area contributed by atoms with Crippen LogP contribution in [-0.2, 0) is 20.7 Å². The van der Waals surface area contributed by atoms with E-state index in [1.807, 2.05) is 24.3 Å². The van der Waals surface area contributed by atoms with Crippen LogP contribution in [0, 0.1) is 6.92 Å². The Morgan fingerprint density at radius 1 is 1.00 bits per heavy atom. The summed E-state index contributed by atoms with van der Waals surface area (Å²) >= 11 is 1.00. The number of rotatable bonds is 8. The van der Waals surface area contributed by atoms with Gasteiger partial charge in [-0.2, -0.15) is 0 Å². The van der Waals surface area contributed by atoms with Crippen LogP contribution in [0.25, 0.3) is 0 Å². The lowest BCUT2D eigenvalue weighted by molar-refractivity contribution is -0.116. The molecule has 150 valence electrons. The lowest BCUT2D eigenvalue weighted by Gasteiger charge is -2.07. The average molecular weight is 405 g/mol. The van der Waals surface area contributed by atoms with Crippen LogP contribution >= 0.6 is 11.3 Å². The van der Waals surface area contributed by atoms with E-state index in [9.17, 15) is 14.4 Å². The van der Waals surface area contributed by atoms with Crippen LogP contribution < -0.4 is 10.1 Å². The van der Waals surface area contributed by atoms with E-state index in [1.54, 1.807) is 14.0 Å². The number of hydrogen-bond donors (Lipinski definition) is 1. The Morgan fingerprint density at radius 2 is 1.64 bits per heavy atom. The maximum atomic E-state index is 12.3. The molecule has 2 rings (SSSR count). The first-order valence-electron chi connectivity index (χ1n) is 8.64. The molecule has 0 aliphatic heterocycles. The lowest BCUT2D eigenvalue weighted by atomic mass is 10.1. The van der Waals surface area contributed by atoms with E-state index >= 15 is 0 Å². The molecule has 0 spiro atoms. The molecule has 0 radical (unpaired) electrons. The highest BCUT2D eigenvalue weighted by atomic mass is 32.1. The third kappa shape index (κ3) is 5.10. The first kappa shape index (κ1) is 21.4. The van der Waals surface area contributed by atoms with Gasteiger partial charge in [-0.25, -0.2) is 9.59 Å². The van der Waals surface area contributed by atoms with Crippen molar-refractivity contribution in [1.82, 2.24) is 0 Å². The maximum Gasteiger partial charge on any atom is 0.348 e. The molecule has 1 heterocycles. The number of ether oxygens (including phenoxy) is 3. The number of carbonyl (C=O) groups is 3. The Hall–Kier alpha value is -2.87. The lowest BCUT2D eigenvalue weighted by Crippen LogP contribution is -2.14. The van der Waals surface area contributed by atoms with Gasteiger partial charge in [-0.1, -0.05) is 12.1 Å². The minimum Gasteiger partial charge on any atom is -0.497 e. The zero-order chi connectivity index (χ0) is 20.7. The molecule has 1 N–H and O–H groups in total. The minimum absolute atomic E-state index is 0.177. The van der Waals surface area contributed by atoms with Gasteiger partial charge in [0.25, 0.3) is 0 Å². The van der Waals surface area contributed by atoms with Crippen LogP contribution in [0.1, 0.15) is 44.0 Å². The van der Waals surface area contributed by atoms with Gasteiger partial charge in [-0.15, -0.1) is 11.3 Å². The number of carbonyl (C=O) groups excluding carboxylic acids is 3. The number of benzene rings is 1. The second kappa shape index (κ2) is 9.89. The van der Waals surface area contributed by atoms with Crippen molar-refractivity contribution >= 4 is 34.2 Å². The number of amides is 1. The summed E-state index contributed by atoms with van der Waals surface area (Å²) in [7, 11) is 4.12. The van der Waals surface area contributed by atoms with Crippen LogP contribution in [0.5, 0.6) is 5.75 Å². The van der Waals surface area contributed by atoms with E-state index in [-0.39, 0.29) is 22.8 Å². The van der Waals surface area contributed by atoms with Crippen molar-refractivity contribution in [3.8, 4) is 5.75 Å². The summed E-state index contributed by atoms with van der Waals surface area (Å²) in [5.74, 6) is -0.632. The highest BCUT2D eigenvalue weighted by Gasteiger charge is 2.26. The second-order valence-electron chi connectivity index (χ2n) is 5.99. The summed E-state index contributed by atoms with van der Waals surface area (Å²) < 4.78 is 14.6. The van der Waals surface area contributed by atoms with Crippen LogP contribution in [0.4, 0.5) is 5.00 Å². The summed E-state index contributed by atoms with van der Waals surface area (Å²) in [5, 5.41) is 3.01. The molecule has 0 fully saturated rings. The molecule has 1 aromatic carbocycles. The quantitative estimate of drug-likeness (QED) is 0.675. The van der Waals surface area contributed by atoms with Crippen LogP contribution in [-0.4, -0.2) is 39.2 Å². The first-order valence-corrected chi connectivity index (χ1v) is 9.45. The van der Waals surface area contributed by atoms with Gasteiger partial charge in [-0.05, 0) is 43.0 Å². The maximum absolute atomic E-state index is 12.3. The van der Waals surface area contributed by atoms with Gasteiger partial charge >= 0.3 is 11.9 Å². The Bertz CT molecular complexity index is 856. The highest BCUT2D eigenvalue weighted by molar-refractivity contribution is 7.18. The third-order valence-corrected chi connectivity index (χ3v) is 5.38. The third-order valence-electron chi connectivity index (χ3n) is 4.19. The zero-order valence-corrected chi connectivity index (χ0v) is 17.1. The van der Waals surface area contributed by atoms with Gasteiger partial charge in [0.05, 0.1) is 26.9 Å². The molecule has 0 aliphatic carbocycles. The van der Waals surface area contributed by atoms with Crippen LogP contribution in [0.2, 0.25) is 0 Å². The Morgan fingerprint density at radius 3 is 2.21 bits per heavy atom. The SMILES string of the molecule is COC(=O)c1sc(NC(=O)CCCc2ccc(OC)cc2)c(C(=O)OC)c1C. The van der Waals surface area contributed by atoms with Gasteiger partial charge in [0.15, 0.2) is 0 Å². The van der Waals surface area contributed by atoms with Crippen molar-refractivity contribution < 1.29 is 28.6 Å². The molecule has 1 amide bonds. The average Bonchev–Trinajstić information content (AvgIpc) is 3.03. The Balaban J connectivity index is 2.03. The van der Waals surface area contributed by atoms with Crippen LogP contribution in [0.3, 0.4) is 0 Å². The van der Waals surface area contributed by atoms with Gasteiger partial charge in [0, 0.05) is 6.42 Å². The Kier molecular flexibility index (Phi) is 7.57. The topological polar surface area (TPSA) is 90.9 Å². The van der Waals surface area contributed by atoms with Gasteiger partial charge in [-0.3, -0.25) is 4.79 Å². The number of nitrogens with one attached hydrogen (secondary N) is 1. The highest BCUT2D eigenvalue weighted by Crippen LogP contribution is 2.34. The molecular formula is C20H23NO6S. The van der Waals surface area contributed by atoms with Crippen LogP contribution in [0.15, 0.2) is 24.3 Å². The summed E-state index contributed by atoms with van der Waals surface area (Å²) in [6.07, 6.45) is 1.65. The summed E-state index contributed by atoms with van der Waals surface area (Å²) in [6, 6.07) is 7.66. The molecule has 2 aromatic rings. The van der Waals surface area contributed by atoms with Gasteiger partial charge in [0.1, 0.15) is 15.6 Å². The first-order chi connectivity index (χ1) is 13.4. The van der Waals surface area contributed by atoms with E-state index in [2.05, 4.69) is 5.32 Å². The number of anilines is 1. The molecule has 0 bridgehead atoms. The Labute approximate surface area is 167 Å². The van der Waals surface area contributed by atoms with Crippen molar-refractivity contribution in [1.29, 1.82) is 0 Å². The standard InChI is InChI=1S/C20H23NO6S/c1-12-16(19(23)26-3)18(28-17(12)20(24)27-4)21-15(22)7-5-6-13-8-10-14(25-2)11-9-13/h8-11H,5-7H2,1-4H3,(H,21,22). The molecule has 8 heteroatoms. The van der Waals surface area contributed by atoms with Crippen molar-refractivity contribution in [2.75, 3.05) is 26.6 Å². The van der Waals surface area contributed by atoms with E-state index in [4.69, 9.17) is 14.2 Å². The number of hydrogen-bond acceptors (Lipinski definition) is 7. The predicted octanol–water partition coefficient (Wildman–Crippen LogP) is 3.60. The fraction of sp³-hybridized carbons (Fsp3) is 0.350. The van der Waals surface area contributed by atoms with E-state index in [1.165, 1.54) is 14.2 Å². The summed E-state index contributed by atoms with van der Waals surface area (Å²) in [4.78, 5) is 36.6. The second-order valence-corrected chi connectivity index (χ2v) is 7.01. The number of esters is 2. The predicted molar refractivity (Wildman–Crippen MR) is 106 cm³/mol. The zero-order valence-electron chi connectivity index (χ0n) is 16.3. The number of methoxy groups -OCH3 is 3. The fourth-order valence-electron chi connectivity index (χ4n) is 2.67. The van der Waals surface area contributed by atoms with E-state index < -0.39 is 11.9 Å². The summed E-state index contributed by atoms with van der Waals surface area (Å²) in [6.45, 7) is 1.62. The smallest absolute Gasteiger partial charge is 0.348 e. The summed E-state index contributed by atoms with van der Waals surface area (Å²) in [5.41, 5.74) is 1.71. The molecule has 7 nitrogen and oxygen atoms in total. The van der Waals surface area contributed by atoms with E-state index in [0.717, 1.165) is 29.1 Å². The van der Waals surface area contributed by atoms with Gasteiger partial charge in [0.2, 0.25) is 5.91 Å². The molecular weight excluding hydrogens is 382 g/mol. The van der Waals surface area contributed by atoms with Crippen molar-refractivity contribution in [3.05, 3.63) is 45.8 Å².